The molecule has 0 bridgehead atoms. The Kier molecular flexibility index (Phi) is 10.5. The van der Waals surface area contributed by atoms with Crippen LogP contribution >= 0.6 is 0 Å². The Morgan fingerprint density at radius 1 is 1.05 bits per heavy atom. The average molecular weight is 594 g/mol. The molecule has 1 aliphatic rings. The number of rotatable bonds is 10. The first kappa shape index (κ1) is 31.2. The molecule has 3 N–H and O–H groups in total. The maximum absolute atomic E-state index is 14.5. The summed E-state index contributed by atoms with van der Waals surface area (Å²) in [5.74, 6) is -3.82. The zero-order valence-corrected chi connectivity index (χ0v) is 23.2. The smallest absolute Gasteiger partial charge is 0.303 e. The number of nitrogens with zero attached hydrogens (tertiary/aromatic N) is 6. The second-order valence-corrected chi connectivity index (χ2v) is 9.79. The molecule has 5 rings (SSSR count). The van der Waals surface area contributed by atoms with Crippen LogP contribution in [0.15, 0.2) is 78.6 Å². The molecule has 13 heteroatoms. The third-order valence-electron chi connectivity index (χ3n) is 6.89. The lowest BCUT2D eigenvalue weighted by Crippen LogP contribution is -2.47. The van der Waals surface area contributed by atoms with Crippen molar-refractivity contribution in [3.8, 4) is 11.3 Å². The van der Waals surface area contributed by atoms with Crippen molar-refractivity contribution >= 4 is 12.3 Å². The molecule has 0 unspecified atom stereocenters. The first-order valence-corrected chi connectivity index (χ1v) is 13.4. The zero-order valence-electron chi connectivity index (χ0n) is 23.2. The van der Waals surface area contributed by atoms with Gasteiger partial charge < -0.3 is 10.2 Å². The minimum Gasteiger partial charge on any atom is -0.481 e. The van der Waals surface area contributed by atoms with Gasteiger partial charge in [-0.05, 0) is 36.1 Å². The van der Waals surface area contributed by atoms with Gasteiger partial charge in [0.2, 0.25) is 0 Å². The van der Waals surface area contributed by atoms with Crippen molar-refractivity contribution < 1.29 is 28.2 Å². The number of aliphatic carboxylic acids is 1. The van der Waals surface area contributed by atoms with Crippen LogP contribution in [-0.4, -0.2) is 60.7 Å². The number of hydrogen-bond acceptors (Lipinski definition) is 9. The van der Waals surface area contributed by atoms with E-state index in [1.165, 1.54) is 29.3 Å². The van der Waals surface area contributed by atoms with Gasteiger partial charge in [-0.15, -0.1) is 0 Å². The highest BCUT2D eigenvalue weighted by Gasteiger charge is 2.43. The van der Waals surface area contributed by atoms with Crippen LogP contribution in [0.1, 0.15) is 42.5 Å². The second kappa shape index (κ2) is 14.4. The minimum absolute atomic E-state index is 0.0138. The molecule has 43 heavy (non-hydrogen) atoms. The SMILES string of the molecule is C[C@@H](c1ncncc1F)[C@](O)(CN1C=NCN1)c1ccc(F)cc1-c1ncncc1F.O=C(O)CCCc1ccccc1. The number of hydrazine groups is 1. The van der Waals surface area contributed by atoms with Crippen LogP contribution in [-0.2, 0) is 16.8 Å². The zero-order chi connectivity index (χ0) is 30.8. The van der Waals surface area contributed by atoms with Crippen LogP contribution in [0.5, 0.6) is 0 Å². The maximum atomic E-state index is 14.5. The molecule has 224 valence electrons. The molecule has 0 aliphatic carbocycles. The second-order valence-electron chi connectivity index (χ2n) is 9.79. The Hall–Kier alpha value is -4.75. The van der Waals surface area contributed by atoms with Crippen molar-refractivity contribution in [3.63, 3.8) is 0 Å². The van der Waals surface area contributed by atoms with Crippen LogP contribution in [0.3, 0.4) is 0 Å². The Morgan fingerprint density at radius 2 is 1.77 bits per heavy atom. The summed E-state index contributed by atoms with van der Waals surface area (Å²) in [6.45, 7) is 1.75. The normalized spacial score (nSPS) is 14.5. The minimum atomic E-state index is -1.86. The summed E-state index contributed by atoms with van der Waals surface area (Å²) in [6, 6.07) is 13.5. The number of nitrogens with one attached hydrogen (secondary N) is 1. The molecule has 2 aromatic heterocycles. The third-order valence-corrected chi connectivity index (χ3v) is 6.89. The molecule has 0 fully saturated rings. The molecule has 10 nitrogen and oxygen atoms in total. The number of halogens is 3. The lowest BCUT2D eigenvalue weighted by molar-refractivity contribution is -0.137. The molecule has 0 saturated carbocycles. The van der Waals surface area contributed by atoms with Crippen molar-refractivity contribution in [2.45, 2.75) is 37.7 Å². The van der Waals surface area contributed by atoms with Gasteiger partial charge in [-0.3, -0.25) is 14.8 Å². The first-order chi connectivity index (χ1) is 20.7. The standard InChI is InChI=1S/C20H18F3N7O.C10H12O2/c1-12(18-16(22)5-24-8-27-18)20(31,7-30-11-26-10-29-30)15-3-2-13(21)4-14(15)19-17(23)6-25-9-28-19;11-10(12)8-4-7-9-5-2-1-3-6-9/h2-6,8-9,11-12,29,31H,7,10H2,1H3;1-3,5-6H,4,7-8H2,(H,11,12)/t12-,20+;/m0./s1. The Labute approximate surface area is 246 Å². The number of benzene rings is 2. The molecular weight excluding hydrogens is 563 g/mol. The molecule has 0 radical (unpaired) electrons. The van der Waals surface area contributed by atoms with Gasteiger partial charge >= 0.3 is 5.97 Å². The number of aryl methyl sites for hydroxylation is 1. The summed E-state index contributed by atoms with van der Waals surface area (Å²) < 4.78 is 43.2. The highest BCUT2D eigenvalue weighted by molar-refractivity contribution is 5.67. The summed E-state index contributed by atoms with van der Waals surface area (Å²) in [7, 11) is 0. The molecule has 0 saturated heterocycles. The van der Waals surface area contributed by atoms with Crippen LogP contribution in [0.4, 0.5) is 13.2 Å². The number of aliphatic hydroxyl groups is 1. The van der Waals surface area contributed by atoms with E-state index in [2.05, 4.69) is 30.4 Å². The van der Waals surface area contributed by atoms with Crippen LogP contribution in [0.25, 0.3) is 11.3 Å². The highest BCUT2D eigenvalue weighted by atomic mass is 19.1. The van der Waals surface area contributed by atoms with Gasteiger partial charge in [-0.1, -0.05) is 43.3 Å². The fraction of sp³-hybridized carbons (Fsp3) is 0.267. The number of carboxylic acids is 1. The Balaban J connectivity index is 0.000000296. The molecule has 0 spiro atoms. The van der Waals surface area contributed by atoms with Crippen molar-refractivity contribution in [3.05, 3.63) is 108 Å². The summed E-state index contributed by atoms with van der Waals surface area (Å²) in [4.78, 5) is 29.4. The predicted octanol–water partition coefficient (Wildman–Crippen LogP) is 4.24. The van der Waals surface area contributed by atoms with Gasteiger partial charge in [0.25, 0.3) is 0 Å². The average Bonchev–Trinajstić information content (AvgIpc) is 3.51. The van der Waals surface area contributed by atoms with Gasteiger partial charge in [0.05, 0.1) is 24.6 Å². The topological polar surface area (TPSA) is 137 Å². The number of aliphatic imine (C=N–C) groups is 1. The lowest BCUT2D eigenvalue weighted by Gasteiger charge is -2.38. The molecule has 3 heterocycles. The summed E-state index contributed by atoms with van der Waals surface area (Å²) in [5, 5.41) is 21.9. The van der Waals surface area contributed by atoms with E-state index in [4.69, 9.17) is 5.11 Å². The van der Waals surface area contributed by atoms with Crippen molar-refractivity contribution in [2.75, 3.05) is 13.2 Å². The van der Waals surface area contributed by atoms with Gasteiger partial charge in [0.15, 0.2) is 11.6 Å². The molecule has 2 atom stereocenters. The van der Waals surface area contributed by atoms with Gasteiger partial charge in [0.1, 0.15) is 42.8 Å². The van der Waals surface area contributed by atoms with E-state index in [0.717, 1.165) is 43.7 Å². The van der Waals surface area contributed by atoms with E-state index >= 15 is 0 Å². The van der Waals surface area contributed by atoms with Crippen molar-refractivity contribution in [2.24, 2.45) is 4.99 Å². The van der Waals surface area contributed by atoms with Gasteiger partial charge in [0, 0.05) is 17.9 Å². The monoisotopic (exact) mass is 593 g/mol. The number of carbonyl (C=O) groups is 1. The van der Waals surface area contributed by atoms with E-state index in [0.29, 0.717) is 6.67 Å². The number of hydrogen-bond donors (Lipinski definition) is 3. The Bertz CT molecular complexity index is 1560. The van der Waals surface area contributed by atoms with E-state index < -0.39 is 34.9 Å². The Morgan fingerprint density at radius 3 is 2.42 bits per heavy atom. The molecule has 4 aromatic rings. The lowest BCUT2D eigenvalue weighted by atomic mass is 9.77. The third kappa shape index (κ3) is 7.96. The van der Waals surface area contributed by atoms with Crippen molar-refractivity contribution in [1.29, 1.82) is 0 Å². The fourth-order valence-corrected chi connectivity index (χ4v) is 4.68. The predicted molar refractivity (Wildman–Crippen MR) is 152 cm³/mol. The van der Waals surface area contributed by atoms with E-state index in [1.54, 1.807) is 6.92 Å². The molecule has 2 aromatic carbocycles. The van der Waals surface area contributed by atoms with Gasteiger partial charge in [-0.25, -0.2) is 38.5 Å². The van der Waals surface area contributed by atoms with E-state index in [-0.39, 0.29) is 35.5 Å². The van der Waals surface area contributed by atoms with Crippen LogP contribution in [0, 0.1) is 17.5 Å². The first-order valence-electron chi connectivity index (χ1n) is 13.4. The van der Waals surface area contributed by atoms with E-state index in [9.17, 15) is 23.1 Å². The molecule has 0 amide bonds. The largest absolute Gasteiger partial charge is 0.481 e. The fourth-order valence-electron chi connectivity index (χ4n) is 4.68. The quantitative estimate of drug-likeness (QED) is 0.247. The van der Waals surface area contributed by atoms with Crippen molar-refractivity contribution in [1.82, 2.24) is 30.4 Å². The molecule has 1 aliphatic heterocycles. The van der Waals surface area contributed by atoms with Crippen LogP contribution < -0.4 is 5.43 Å². The maximum Gasteiger partial charge on any atom is 0.303 e. The van der Waals surface area contributed by atoms with Crippen LogP contribution in [0.2, 0.25) is 0 Å². The number of β-amino-alcohol motifs (C(OH)–C–C–N with tert-alkyl or cyclic N) is 1. The number of carboxylic acid groups (broad SMARTS) is 1. The summed E-state index contributed by atoms with van der Waals surface area (Å²) in [5.41, 5.74) is 2.19. The van der Waals surface area contributed by atoms with E-state index in [1.807, 2.05) is 30.3 Å². The highest BCUT2D eigenvalue weighted by Crippen LogP contribution is 2.42. The number of aromatic nitrogens is 4. The summed E-state index contributed by atoms with van der Waals surface area (Å²) >= 11 is 0. The molecular formula is C30H30F3N7O3. The van der Waals surface area contributed by atoms with Gasteiger partial charge in [-0.2, -0.15) is 0 Å². The summed E-state index contributed by atoms with van der Waals surface area (Å²) in [6.07, 6.45) is 7.53.